The standard InChI is InChI=1S/C11H16N6O2/c1-3-8(6-10(18)19)7-17-11(13-14-15-17)9-4-5-12-16(9)2/h4-5,8H,3,6-7H2,1-2H3,(H,18,19). The fourth-order valence-corrected chi connectivity index (χ4v) is 1.93. The van der Waals surface area contributed by atoms with Gasteiger partial charge >= 0.3 is 5.97 Å². The third-order valence-corrected chi connectivity index (χ3v) is 3.05. The number of tetrazole rings is 1. The molecule has 0 spiro atoms. The summed E-state index contributed by atoms with van der Waals surface area (Å²) < 4.78 is 3.31. The summed E-state index contributed by atoms with van der Waals surface area (Å²) in [7, 11) is 1.81. The molecule has 0 amide bonds. The van der Waals surface area contributed by atoms with E-state index in [1.54, 1.807) is 15.6 Å². The molecule has 2 heterocycles. The summed E-state index contributed by atoms with van der Waals surface area (Å²) in [5, 5.41) is 24.5. The first-order valence-corrected chi connectivity index (χ1v) is 6.08. The lowest BCUT2D eigenvalue weighted by molar-refractivity contribution is -0.138. The minimum atomic E-state index is -0.804. The molecule has 0 aliphatic rings. The van der Waals surface area contributed by atoms with E-state index in [1.807, 2.05) is 20.0 Å². The van der Waals surface area contributed by atoms with Gasteiger partial charge in [-0.2, -0.15) is 5.10 Å². The van der Waals surface area contributed by atoms with Crippen molar-refractivity contribution in [2.75, 3.05) is 0 Å². The molecule has 8 heteroatoms. The lowest BCUT2D eigenvalue weighted by atomic mass is 10.0. The molecular formula is C11H16N6O2. The van der Waals surface area contributed by atoms with E-state index in [0.29, 0.717) is 12.4 Å². The zero-order valence-electron chi connectivity index (χ0n) is 10.9. The monoisotopic (exact) mass is 264 g/mol. The summed E-state index contributed by atoms with van der Waals surface area (Å²) in [4.78, 5) is 10.8. The summed E-state index contributed by atoms with van der Waals surface area (Å²) >= 11 is 0. The van der Waals surface area contributed by atoms with Gasteiger partial charge in [0, 0.05) is 26.2 Å². The molecule has 8 nitrogen and oxygen atoms in total. The van der Waals surface area contributed by atoms with E-state index in [1.165, 1.54) is 0 Å². The van der Waals surface area contributed by atoms with E-state index in [-0.39, 0.29) is 12.3 Å². The molecule has 19 heavy (non-hydrogen) atoms. The van der Waals surface area contributed by atoms with Crippen LogP contribution in [0.25, 0.3) is 11.5 Å². The molecule has 0 bridgehead atoms. The minimum absolute atomic E-state index is 0.00739. The molecule has 1 N–H and O–H groups in total. The second-order valence-electron chi connectivity index (χ2n) is 4.40. The largest absolute Gasteiger partial charge is 0.481 e. The second-order valence-corrected chi connectivity index (χ2v) is 4.40. The van der Waals surface area contributed by atoms with Crippen molar-refractivity contribution in [3.8, 4) is 11.5 Å². The van der Waals surface area contributed by atoms with E-state index in [9.17, 15) is 4.79 Å². The van der Waals surface area contributed by atoms with Crippen molar-refractivity contribution in [1.82, 2.24) is 30.0 Å². The number of aryl methyl sites for hydroxylation is 1. The Morgan fingerprint density at radius 3 is 2.89 bits per heavy atom. The van der Waals surface area contributed by atoms with Crippen LogP contribution in [-0.2, 0) is 18.4 Å². The SMILES string of the molecule is CCC(CC(=O)O)Cn1nnnc1-c1ccnn1C. The maximum absolute atomic E-state index is 10.8. The first kappa shape index (κ1) is 13.2. The van der Waals surface area contributed by atoms with Gasteiger partial charge in [0.2, 0.25) is 0 Å². The Morgan fingerprint density at radius 1 is 1.53 bits per heavy atom. The number of hydrogen-bond acceptors (Lipinski definition) is 5. The molecule has 1 atom stereocenters. The molecular weight excluding hydrogens is 248 g/mol. The first-order chi connectivity index (χ1) is 9.11. The number of nitrogens with zero attached hydrogens (tertiary/aromatic N) is 6. The van der Waals surface area contributed by atoms with Crippen molar-refractivity contribution < 1.29 is 9.90 Å². The molecule has 2 aromatic rings. The summed E-state index contributed by atoms with van der Waals surface area (Å²) in [6.07, 6.45) is 2.54. The molecule has 0 radical (unpaired) electrons. The van der Waals surface area contributed by atoms with Gasteiger partial charge in [0.1, 0.15) is 5.69 Å². The van der Waals surface area contributed by atoms with Gasteiger partial charge in [-0.25, -0.2) is 4.68 Å². The van der Waals surface area contributed by atoms with Gasteiger partial charge in [0.15, 0.2) is 5.82 Å². The number of hydrogen-bond donors (Lipinski definition) is 1. The van der Waals surface area contributed by atoms with Crippen molar-refractivity contribution >= 4 is 5.97 Å². The molecule has 0 aliphatic carbocycles. The fraction of sp³-hybridized carbons (Fsp3) is 0.545. The van der Waals surface area contributed by atoms with Crippen molar-refractivity contribution in [1.29, 1.82) is 0 Å². The Labute approximate surface area is 110 Å². The summed E-state index contributed by atoms with van der Waals surface area (Å²) in [5.74, 6) is -0.196. The average molecular weight is 264 g/mol. The smallest absolute Gasteiger partial charge is 0.303 e. The van der Waals surface area contributed by atoms with Crippen LogP contribution < -0.4 is 0 Å². The van der Waals surface area contributed by atoms with E-state index < -0.39 is 5.97 Å². The molecule has 0 aliphatic heterocycles. The highest BCUT2D eigenvalue weighted by Gasteiger charge is 2.17. The molecule has 102 valence electrons. The van der Waals surface area contributed by atoms with Gasteiger partial charge in [-0.1, -0.05) is 13.3 Å². The van der Waals surface area contributed by atoms with Crippen LogP contribution in [-0.4, -0.2) is 41.1 Å². The van der Waals surface area contributed by atoms with Crippen LogP contribution in [0.2, 0.25) is 0 Å². The van der Waals surface area contributed by atoms with Gasteiger partial charge in [-0.3, -0.25) is 9.48 Å². The highest BCUT2D eigenvalue weighted by molar-refractivity contribution is 5.67. The summed E-state index contributed by atoms with van der Waals surface area (Å²) in [5.41, 5.74) is 0.801. The maximum atomic E-state index is 10.8. The summed E-state index contributed by atoms with van der Waals surface area (Å²) in [6, 6.07) is 1.82. The Morgan fingerprint density at radius 2 is 2.32 bits per heavy atom. The maximum Gasteiger partial charge on any atom is 0.303 e. The van der Waals surface area contributed by atoms with Gasteiger partial charge < -0.3 is 5.11 Å². The van der Waals surface area contributed by atoms with E-state index in [0.717, 1.165) is 12.1 Å². The molecule has 1 unspecified atom stereocenters. The predicted octanol–water partition coefficient (Wildman–Crippen LogP) is 0.574. The third kappa shape index (κ3) is 2.95. The van der Waals surface area contributed by atoms with Crippen LogP contribution in [0, 0.1) is 5.92 Å². The Balaban J connectivity index is 2.20. The van der Waals surface area contributed by atoms with E-state index in [4.69, 9.17) is 5.11 Å². The molecule has 0 saturated heterocycles. The van der Waals surface area contributed by atoms with E-state index in [2.05, 4.69) is 20.6 Å². The van der Waals surface area contributed by atoms with Gasteiger partial charge in [0.05, 0.1) is 0 Å². The summed E-state index contributed by atoms with van der Waals surface area (Å²) in [6.45, 7) is 2.44. The van der Waals surface area contributed by atoms with Crippen molar-refractivity contribution in [3.63, 3.8) is 0 Å². The predicted molar refractivity (Wildman–Crippen MR) is 66.1 cm³/mol. The molecule has 2 aromatic heterocycles. The van der Waals surface area contributed by atoms with Crippen molar-refractivity contribution in [2.45, 2.75) is 26.3 Å². The van der Waals surface area contributed by atoms with Crippen LogP contribution in [0.5, 0.6) is 0 Å². The number of carboxylic acids is 1. The zero-order valence-corrected chi connectivity index (χ0v) is 10.9. The van der Waals surface area contributed by atoms with Gasteiger partial charge in [0.25, 0.3) is 0 Å². The Kier molecular flexibility index (Phi) is 3.88. The van der Waals surface area contributed by atoms with Gasteiger partial charge in [-0.05, 0) is 22.4 Å². The lowest BCUT2D eigenvalue weighted by Crippen LogP contribution is -2.16. The number of aliphatic carboxylic acids is 1. The first-order valence-electron chi connectivity index (χ1n) is 6.08. The molecule has 0 fully saturated rings. The lowest BCUT2D eigenvalue weighted by Gasteiger charge is -2.12. The topological polar surface area (TPSA) is 98.7 Å². The third-order valence-electron chi connectivity index (χ3n) is 3.05. The van der Waals surface area contributed by atoms with Crippen molar-refractivity contribution in [3.05, 3.63) is 12.3 Å². The number of carbonyl (C=O) groups is 1. The van der Waals surface area contributed by atoms with Crippen LogP contribution in [0.3, 0.4) is 0 Å². The Hall–Kier alpha value is -2.25. The number of aromatic nitrogens is 6. The number of carboxylic acid groups (broad SMARTS) is 1. The van der Waals surface area contributed by atoms with Crippen LogP contribution >= 0.6 is 0 Å². The highest BCUT2D eigenvalue weighted by Crippen LogP contribution is 2.17. The second kappa shape index (κ2) is 5.59. The average Bonchev–Trinajstić information content (AvgIpc) is 2.96. The van der Waals surface area contributed by atoms with Gasteiger partial charge in [-0.15, -0.1) is 5.10 Å². The van der Waals surface area contributed by atoms with Crippen molar-refractivity contribution in [2.24, 2.45) is 13.0 Å². The molecule has 0 saturated carbocycles. The highest BCUT2D eigenvalue weighted by atomic mass is 16.4. The molecule has 0 aromatic carbocycles. The normalized spacial score (nSPS) is 12.5. The van der Waals surface area contributed by atoms with Crippen LogP contribution in [0.15, 0.2) is 12.3 Å². The fourth-order valence-electron chi connectivity index (χ4n) is 1.93. The van der Waals surface area contributed by atoms with Crippen LogP contribution in [0.4, 0.5) is 0 Å². The quantitative estimate of drug-likeness (QED) is 0.819. The van der Waals surface area contributed by atoms with E-state index >= 15 is 0 Å². The zero-order chi connectivity index (χ0) is 13.8. The minimum Gasteiger partial charge on any atom is -0.481 e. The Bertz CT molecular complexity index is 561. The van der Waals surface area contributed by atoms with Crippen LogP contribution in [0.1, 0.15) is 19.8 Å². The number of rotatable bonds is 6. The molecule has 2 rings (SSSR count).